The number of hydrogen-bond donors (Lipinski definition) is 1. The van der Waals surface area contributed by atoms with Gasteiger partial charge in [-0.1, -0.05) is 49.6 Å². The number of benzene rings is 1. The predicted octanol–water partition coefficient (Wildman–Crippen LogP) is 4.08. The summed E-state index contributed by atoms with van der Waals surface area (Å²) in [6.07, 6.45) is 1.26. The van der Waals surface area contributed by atoms with Crippen molar-refractivity contribution in [3.05, 3.63) is 34.9 Å². The number of thioether (sulfide) groups is 1. The first-order chi connectivity index (χ1) is 8.02. The van der Waals surface area contributed by atoms with Gasteiger partial charge < -0.3 is 5.73 Å². The summed E-state index contributed by atoms with van der Waals surface area (Å²) in [6.45, 7) is 8.81. The highest BCUT2D eigenvalue weighted by Crippen LogP contribution is 2.21. The molecule has 96 valence electrons. The molecule has 0 heterocycles. The van der Waals surface area contributed by atoms with Crippen molar-refractivity contribution in [2.24, 2.45) is 11.7 Å². The molecule has 0 amide bonds. The van der Waals surface area contributed by atoms with Crippen LogP contribution in [0.4, 0.5) is 0 Å². The molecule has 0 bridgehead atoms. The van der Waals surface area contributed by atoms with Gasteiger partial charge >= 0.3 is 0 Å². The monoisotopic (exact) mass is 251 g/mol. The van der Waals surface area contributed by atoms with Gasteiger partial charge in [0.25, 0.3) is 0 Å². The molecule has 1 rings (SSSR count). The molecule has 0 aromatic heterocycles. The second kappa shape index (κ2) is 7.07. The van der Waals surface area contributed by atoms with Gasteiger partial charge in [-0.2, -0.15) is 11.8 Å². The molecule has 0 aliphatic heterocycles. The van der Waals surface area contributed by atoms with Crippen LogP contribution >= 0.6 is 11.8 Å². The van der Waals surface area contributed by atoms with E-state index in [4.69, 9.17) is 5.73 Å². The first-order valence-electron chi connectivity index (χ1n) is 6.44. The minimum Gasteiger partial charge on any atom is -0.323 e. The Bertz CT molecular complexity index is 329. The van der Waals surface area contributed by atoms with E-state index in [0.717, 1.165) is 11.7 Å². The summed E-state index contributed by atoms with van der Waals surface area (Å²) in [5.74, 6) is 3.04. The van der Waals surface area contributed by atoms with Crippen molar-refractivity contribution in [2.75, 3.05) is 11.5 Å². The molecule has 0 aliphatic rings. The van der Waals surface area contributed by atoms with Crippen LogP contribution in [0.5, 0.6) is 0 Å². The van der Waals surface area contributed by atoms with Crippen molar-refractivity contribution in [1.82, 2.24) is 0 Å². The third-order valence-corrected chi connectivity index (χ3v) is 4.47. The standard InChI is InChI=1S/C15H25NS/c1-5-11(2)9-17-10-15(16)14-7-12(3)6-13(4)8-14/h6-8,11,15H,5,9-10,16H2,1-4H3. The molecule has 17 heavy (non-hydrogen) atoms. The highest BCUT2D eigenvalue weighted by atomic mass is 32.2. The van der Waals surface area contributed by atoms with Crippen LogP contribution in [0.3, 0.4) is 0 Å². The Labute approximate surface area is 110 Å². The van der Waals surface area contributed by atoms with Crippen LogP contribution in [0, 0.1) is 19.8 Å². The van der Waals surface area contributed by atoms with Crippen LogP contribution in [0.15, 0.2) is 18.2 Å². The highest BCUT2D eigenvalue weighted by Gasteiger charge is 2.08. The Morgan fingerprint density at radius 3 is 2.24 bits per heavy atom. The van der Waals surface area contributed by atoms with Gasteiger partial charge in [-0.25, -0.2) is 0 Å². The molecule has 1 nitrogen and oxygen atoms in total. The quantitative estimate of drug-likeness (QED) is 0.824. The van der Waals surface area contributed by atoms with E-state index < -0.39 is 0 Å². The van der Waals surface area contributed by atoms with E-state index >= 15 is 0 Å². The first-order valence-corrected chi connectivity index (χ1v) is 7.60. The molecule has 2 unspecified atom stereocenters. The van der Waals surface area contributed by atoms with E-state index in [-0.39, 0.29) is 6.04 Å². The second-order valence-corrected chi connectivity index (χ2v) is 6.15. The van der Waals surface area contributed by atoms with Crippen LogP contribution in [-0.4, -0.2) is 11.5 Å². The Balaban J connectivity index is 2.49. The third-order valence-electron chi connectivity index (χ3n) is 3.07. The van der Waals surface area contributed by atoms with Crippen LogP contribution in [0.1, 0.15) is 43.0 Å². The zero-order valence-electron chi connectivity index (χ0n) is 11.5. The molecule has 0 saturated heterocycles. The maximum Gasteiger partial charge on any atom is 0.0386 e. The fourth-order valence-corrected chi connectivity index (χ4v) is 3.05. The Hall–Kier alpha value is -0.470. The van der Waals surface area contributed by atoms with E-state index in [9.17, 15) is 0 Å². The average molecular weight is 251 g/mol. The minimum absolute atomic E-state index is 0.169. The lowest BCUT2D eigenvalue weighted by Crippen LogP contribution is -2.14. The second-order valence-electron chi connectivity index (χ2n) is 5.08. The van der Waals surface area contributed by atoms with Crippen molar-refractivity contribution in [2.45, 2.75) is 40.2 Å². The number of rotatable bonds is 6. The molecular weight excluding hydrogens is 226 g/mol. The van der Waals surface area contributed by atoms with E-state index in [1.807, 2.05) is 11.8 Å². The molecule has 0 radical (unpaired) electrons. The maximum atomic E-state index is 6.24. The Morgan fingerprint density at radius 1 is 1.12 bits per heavy atom. The largest absolute Gasteiger partial charge is 0.323 e. The van der Waals surface area contributed by atoms with Crippen LogP contribution in [0.25, 0.3) is 0 Å². The van der Waals surface area contributed by atoms with Crippen molar-refractivity contribution < 1.29 is 0 Å². The van der Waals surface area contributed by atoms with Gasteiger partial charge in [0.15, 0.2) is 0 Å². The summed E-state index contributed by atoms with van der Waals surface area (Å²) < 4.78 is 0. The van der Waals surface area contributed by atoms with Gasteiger partial charge in [-0.05, 0) is 31.1 Å². The molecule has 0 aliphatic carbocycles. The fraction of sp³-hybridized carbons (Fsp3) is 0.600. The van der Waals surface area contributed by atoms with Gasteiger partial charge in [0, 0.05) is 11.8 Å². The number of hydrogen-bond acceptors (Lipinski definition) is 2. The van der Waals surface area contributed by atoms with Crippen molar-refractivity contribution >= 4 is 11.8 Å². The number of nitrogens with two attached hydrogens (primary N) is 1. The zero-order valence-corrected chi connectivity index (χ0v) is 12.3. The topological polar surface area (TPSA) is 26.0 Å². The smallest absolute Gasteiger partial charge is 0.0386 e. The molecule has 0 fully saturated rings. The summed E-state index contributed by atoms with van der Waals surface area (Å²) in [5, 5.41) is 0. The summed E-state index contributed by atoms with van der Waals surface area (Å²) in [7, 11) is 0. The molecule has 2 atom stereocenters. The zero-order chi connectivity index (χ0) is 12.8. The lowest BCUT2D eigenvalue weighted by Gasteiger charge is -2.15. The molecular formula is C15H25NS. The van der Waals surface area contributed by atoms with Crippen molar-refractivity contribution in [1.29, 1.82) is 0 Å². The third kappa shape index (κ3) is 5.13. The highest BCUT2D eigenvalue weighted by molar-refractivity contribution is 7.99. The molecule has 2 heteroatoms. The van der Waals surface area contributed by atoms with Crippen LogP contribution in [0.2, 0.25) is 0 Å². The molecule has 0 spiro atoms. The normalized spacial score (nSPS) is 14.6. The first kappa shape index (κ1) is 14.6. The average Bonchev–Trinajstić information content (AvgIpc) is 2.27. The Kier molecular flexibility index (Phi) is 6.07. The fourth-order valence-electron chi connectivity index (χ4n) is 1.83. The van der Waals surface area contributed by atoms with Gasteiger partial charge in [0.2, 0.25) is 0 Å². The van der Waals surface area contributed by atoms with Gasteiger partial charge in [-0.15, -0.1) is 0 Å². The summed E-state index contributed by atoms with van der Waals surface area (Å²) in [4.78, 5) is 0. The summed E-state index contributed by atoms with van der Waals surface area (Å²) in [5.41, 5.74) is 10.1. The molecule has 1 aromatic carbocycles. The van der Waals surface area contributed by atoms with Crippen LogP contribution in [-0.2, 0) is 0 Å². The molecule has 2 N–H and O–H groups in total. The maximum absolute atomic E-state index is 6.24. The van der Waals surface area contributed by atoms with E-state index in [0.29, 0.717) is 0 Å². The van der Waals surface area contributed by atoms with E-state index in [1.54, 1.807) is 0 Å². The SMILES string of the molecule is CCC(C)CSCC(N)c1cc(C)cc(C)c1. The minimum atomic E-state index is 0.169. The van der Waals surface area contributed by atoms with Gasteiger partial charge in [0.05, 0.1) is 0 Å². The van der Waals surface area contributed by atoms with Crippen LogP contribution < -0.4 is 5.73 Å². The lowest BCUT2D eigenvalue weighted by molar-refractivity contribution is 0.636. The number of aryl methyl sites for hydroxylation is 2. The predicted molar refractivity (Wildman–Crippen MR) is 79.6 cm³/mol. The molecule has 1 aromatic rings. The van der Waals surface area contributed by atoms with Gasteiger partial charge in [0.1, 0.15) is 0 Å². The lowest BCUT2D eigenvalue weighted by atomic mass is 10.0. The van der Waals surface area contributed by atoms with E-state index in [2.05, 4.69) is 45.9 Å². The van der Waals surface area contributed by atoms with Crippen molar-refractivity contribution in [3.63, 3.8) is 0 Å². The summed E-state index contributed by atoms with van der Waals surface area (Å²) >= 11 is 1.98. The van der Waals surface area contributed by atoms with E-state index in [1.165, 1.54) is 28.9 Å². The van der Waals surface area contributed by atoms with Gasteiger partial charge in [-0.3, -0.25) is 0 Å². The molecule has 0 saturated carbocycles. The summed E-state index contributed by atoms with van der Waals surface area (Å²) in [6, 6.07) is 6.79. The Morgan fingerprint density at radius 2 is 1.71 bits per heavy atom. The van der Waals surface area contributed by atoms with Crippen molar-refractivity contribution in [3.8, 4) is 0 Å².